The monoisotopic (exact) mass is 258 g/mol. The molecule has 1 heterocycles. The smallest absolute Gasteiger partial charge is 0.123 e. The van der Waals surface area contributed by atoms with Crippen molar-refractivity contribution in [3.63, 3.8) is 0 Å². The van der Waals surface area contributed by atoms with Crippen molar-refractivity contribution in [3.05, 3.63) is 65.0 Å². The number of aliphatic hydroxyl groups is 1. The average Bonchev–Trinajstić information content (AvgIpc) is 2.85. The van der Waals surface area contributed by atoms with E-state index in [4.69, 9.17) is 4.74 Å². The first-order chi connectivity index (χ1) is 9.22. The zero-order chi connectivity index (χ0) is 13.2. The van der Waals surface area contributed by atoms with Crippen molar-refractivity contribution >= 4 is 0 Å². The van der Waals surface area contributed by atoms with Gasteiger partial charge in [0.25, 0.3) is 0 Å². The van der Waals surface area contributed by atoms with E-state index in [0.29, 0.717) is 13.0 Å². The van der Waals surface area contributed by atoms with Crippen LogP contribution in [0.15, 0.2) is 42.5 Å². The van der Waals surface area contributed by atoms with Crippen molar-refractivity contribution in [1.29, 1.82) is 0 Å². The van der Waals surface area contributed by atoms with Crippen LogP contribution in [-0.2, 0) is 12.8 Å². The number of ether oxygens (including phenoxy) is 1. The molecule has 2 aromatic rings. The molecule has 19 heavy (non-hydrogen) atoms. The molecule has 0 aromatic heterocycles. The Morgan fingerprint density at radius 1 is 1.21 bits per heavy atom. The molecular formula is C16H15FO2. The second kappa shape index (κ2) is 5.02. The fraction of sp³-hybridized carbons (Fsp3) is 0.250. The van der Waals surface area contributed by atoms with Gasteiger partial charge in [0.2, 0.25) is 0 Å². The van der Waals surface area contributed by atoms with Crippen molar-refractivity contribution in [2.45, 2.75) is 18.9 Å². The largest absolute Gasteiger partial charge is 0.493 e. The van der Waals surface area contributed by atoms with Gasteiger partial charge in [-0.25, -0.2) is 4.39 Å². The SMILES string of the molecule is OC(Cc1cccc(F)c1)c1ccc2c(c1)CCO2. The van der Waals surface area contributed by atoms with Crippen molar-refractivity contribution in [3.8, 4) is 5.75 Å². The molecule has 0 aliphatic carbocycles. The molecule has 1 N–H and O–H groups in total. The molecule has 0 radical (unpaired) electrons. The van der Waals surface area contributed by atoms with Gasteiger partial charge in [-0.15, -0.1) is 0 Å². The summed E-state index contributed by atoms with van der Waals surface area (Å²) in [6, 6.07) is 12.1. The molecule has 1 aliphatic heterocycles. The molecule has 0 amide bonds. The Hall–Kier alpha value is -1.87. The third kappa shape index (κ3) is 2.61. The number of halogens is 1. The van der Waals surface area contributed by atoms with Crippen LogP contribution in [-0.4, -0.2) is 11.7 Å². The average molecular weight is 258 g/mol. The number of aliphatic hydroxyl groups excluding tert-OH is 1. The summed E-state index contributed by atoms with van der Waals surface area (Å²) in [5.74, 6) is 0.633. The van der Waals surface area contributed by atoms with Crippen LogP contribution >= 0.6 is 0 Å². The van der Waals surface area contributed by atoms with Crippen LogP contribution in [0.2, 0.25) is 0 Å². The number of hydrogen-bond acceptors (Lipinski definition) is 2. The van der Waals surface area contributed by atoms with E-state index in [2.05, 4.69) is 0 Å². The maximum atomic E-state index is 13.1. The predicted octanol–water partition coefficient (Wildman–Crippen LogP) is 3.04. The Kier molecular flexibility index (Phi) is 3.22. The summed E-state index contributed by atoms with van der Waals surface area (Å²) in [6.45, 7) is 0.707. The summed E-state index contributed by atoms with van der Waals surface area (Å²) >= 11 is 0. The van der Waals surface area contributed by atoms with E-state index in [-0.39, 0.29) is 5.82 Å². The summed E-state index contributed by atoms with van der Waals surface area (Å²) in [5.41, 5.74) is 2.79. The minimum absolute atomic E-state index is 0.271. The van der Waals surface area contributed by atoms with Gasteiger partial charge in [0.15, 0.2) is 0 Å². The van der Waals surface area contributed by atoms with Crippen molar-refractivity contribution in [1.82, 2.24) is 0 Å². The van der Waals surface area contributed by atoms with Gasteiger partial charge in [-0.1, -0.05) is 18.2 Å². The molecule has 1 atom stereocenters. The minimum atomic E-state index is -0.618. The van der Waals surface area contributed by atoms with Gasteiger partial charge in [0.1, 0.15) is 11.6 Å². The highest BCUT2D eigenvalue weighted by atomic mass is 19.1. The number of fused-ring (bicyclic) bond motifs is 1. The first kappa shape index (κ1) is 12.2. The molecule has 0 saturated carbocycles. The zero-order valence-corrected chi connectivity index (χ0v) is 10.5. The van der Waals surface area contributed by atoms with Crippen LogP contribution in [0.1, 0.15) is 22.8 Å². The summed E-state index contributed by atoms with van der Waals surface area (Å²) in [6.07, 6.45) is 0.681. The Morgan fingerprint density at radius 2 is 2.11 bits per heavy atom. The van der Waals surface area contributed by atoms with Gasteiger partial charge in [-0.05, 0) is 41.0 Å². The van der Waals surface area contributed by atoms with Crippen LogP contribution < -0.4 is 4.74 Å². The Labute approximate surface area is 111 Å². The third-order valence-corrected chi connectivity index (χ3v) is 3.42. The lowest BCUT2D eigenvalue weighted by Gasteiger charge is -2.12. The molecule has 3 rings (SSSR count). The van der Waals surface area contributed by atoms with E-state index in [9.17, 15) is 9.50 Å². The molecule has 98 valence electrons. The number of rotatable bonds is 3. The van der Waals surface area contributed by atoms with E-state index < -0.39 is 6.10 Å². The maximum absolute atomic E-state index is 13.1. The third-order valence-electron chi connectivity index (χ3n) is 3.42. The second-order valence-electron chi connectivity index (χ2n) is 4.82. The summed E-state index contributed by atoms with van der Waals surface area (Å²) < 4.78 is 18.5. The van der Waals surface area contributed by atoms with Gasteiger partial charge in [0.05, 0.1) is 12.7 Å². The van der Waals surface area contributed by atoms with Crippen LogP contribution in [0.4, 0.5) is 4.39 Å². The Bertz CT molecular complexity index is 595. The lowest BCUT2D eigenvalue weighted by Crippen LogP contribution is -2.02. The van der Waals surface area contributed by atoms with Gasteiger partial charge in [-0.2, -0.15) is 0 Å². The lowest BCUT2D eigenvalue weighted by molar-refractivity contribution is 0.178. The van der Waals surface area contributed by atoms with Gasteiger partial charge >= 0.3 is 0 Å². The molecule has 1 unspecified atom stereocenters. The van der Waals surface area contributed by atoms with E-state index in [1.54, 1.807) is 6.07 Å². The summed E-state index contributed by atoms with van der Waals surface area (Å²) in [5, 5.41) is 10.2. The quantitative estimate of drug-likeness (QED) is 0.917. The molecule has 0 saturated heterocycles. The van der Waals surface area contributed by atoms with E-state index in [1.807, 2.05) is 24.3 Å². The van der Waals surface area contributed by atoms with E-state index >= 15 is 0 Å². The molecule has 0 fully saturated rings. The lowest BCUT2D eigenvalue weighted by atomic mass is 9.99. The van der Waals surface area contributed by atoms with Crippen LogP contribution in [0.5, 0.6) is 5.75 Å². The highest BCUT2D eigenvalue weighted by Gasteiger charge is 2.15. The fourth-order valence-electron chi connectivity index (χ4n) is 2.42. The fourth-order valence-corrected chi connectivity index (χ4v) is 2.42. The number of hydrogen-bond donors (Lipinski definition) is 1. The Morgan fingerprint density at radius 3 is 2.95 bits per heavy atom. The predicted molar refractivity (Wildman–Crippen MR) is 70.7 cm³/mol. The topological polar surface area (TPSA) is 29.5 Å². The molecule has 2 aromatic carbocycles. The summed E-state index contributed by atoms with van der Waals surface area (Å²) in [4.78, 5) is 0. The van der Waals surface area contributed by atoms with Gasteiger partial charge in [-0.3, -0.25) is 0 Å². The molecule has 2 nitrogen and oxygen atoms in total. The highest BCUT2D eigenvalue weighted by molar-refractivity contribution is 5.40. The molecule has 3 heteroatoms. The molecule has 0 bridgehead atoms. The molecular weight excluding hydrogens is 243 g/mol. The Balaban J connectivity index is 1.78. The van der Waals surface area contributed by atoms with Crippen LogP contribution in [0.25, 0.3) is 0 Å². The van der Waals surface area contributed by atoms with Gasteiger partial charge < -0.3 is 9.84 Å². The second-order valence-corrected chi connectivity index (χ2v) is 4.82. The van der Waals surface area contributed by atoms with Crippen molar-refractivity contribution in [2.75, 3.05) is 6.61 Å². The zero-order valence-electron chi connectivity index (χ0n) is 10.5. The van der Waals surface area contributed by atoms with Gasteiger partial charge in [0, 0.05) is 12.8 Å². The molecule has 1 aliphatic rings. The van der Waals surface area contributed by atoms with E-state index in [0.717, 1.165) is 28.9 Å². The minimum Gasteiger partial charge on any atom is -0.493 e. The maximum Gasteiger partial charge on any atom is 0.123 e. The normalized spacial score (nSPS) is 14.8. The highest BCUT2D eigenvalue weighted by Crippen LogP contribution is 2.29. The van der Waals surface area contributed by atoms with Crippen LogP contribution in [0.3, 0.4) is 0 Å². The van der Waals surface area contributed by atoms with Crippen molar-refractivity contribution < 1.29 is 14.2 Å². The van der Waals surface area contributed by atoms with Crippen LogP contribution in [0, 0.1) is 5.82 Å². The van der Waals surface area contributed by atoms with E-state index in [1.165, 1.54) is 12.1 Å². The first-order valence-corrected chi connectivity index (χ1v) is 6.40. The standard InChI is InChI=1S/C16H15FO2/c17-14-3-1-2-11(8-14)9-15(18)12-4-5-16-13(10-12)6-7-19-16/h1-5,8,10,15,18H,6-7,9H2. The number of benzene rings is 2. The molecule has 0 spiro atoms. The van der Waals surface area contributed by atoms with Crippen molar-refractivity contribution in [2.24, 2.45) is 0 Å². The first-order valence-electron chi connectivity index (χ1n) is 6.40. The summed E-state index contributed by atoms with van der Waals surface area (Å²) in [7, 11) is 0.